The topological polar surface area (TPSA) is 77.8 Å². The first kappa shape index (κ1) is 12.3. The summed E-state index contributed by atoms with van der Waals surface area (Å²) in [5, 5.41) is 3.83. The molecule has 5 nitrogen and oxygen atoms in total. The highest BCUT2D eigenvalue weighted by Gasteiger charge is 2.10. The molecule has 0 bridgehead atoms. The van der Waals surface area contributed by atoms with Gasteiger partial charge in [0.05, 0.1) is 12.6 Å². The zero-order valence-electron chi connectivity index (χ0n) is 10.5. The van der Waals surface area contributed by atoms with Gasteiger partial charge in [-0.05, 0) is 29.8 Å². The van der Waals surface area contributed by atoms with Crippen molar-refractivity contribution in [1.29, 1.82) is 0 Å². The monoisotopic (exact) mass is 270 g/mol. The average Bonchev–Trinajstić information content (AvgIpc) is 2.88. The van der Waals surface area contributed by atoms with Gasteiger partial charge in [0.1, 0.15) is 11.5 Å². The summed E-state index contributed by atoms with van der Waals surface area (Å²) < 4.78 is 18.0. The highest BCUT2D eigenvalue weighted by Crippen LogP contribution is 2.16. The molecule has 100 valence electrons. The number of aromatic nitrogens is 3. The van der Waals surface area contributed by atoms with Gasteiger partial charge < -0.3 is 10.3 Å². The van der Waals surface area contributed by atoms with E-state index in [4.69, 9.17) is 10.3 Å². The van der Waals surface area contributed by atoms with Gasteiger partial charge in [0.15, 0.2) is 0 Å². The summed E-state index contributed by atoms with van der Waals surface area (Å²) >= 11 is 0. The Kier molecular flexibility index (Phi) is 3.12. The van der Waals surface area contributed by atoms with Crippen molar-refractivity contribution >= 4 is 5.69 Å². The standard InChI is InChI=1S/C14H11FN4O/c15-10-4-5-12(17-8-10)14-18-13(20-19-14)7-9-2-1-3-11(16)6-9/h1-6,8H,7,16H2. The minimum Gasteiger partial charge on any atom is -0.399 e. The molecule has 0 aliphatic rings. The smallest absolute Gasteiger partial charge is 0.231 e. The van der Waals surface area contributed by atoms with Crippen LogP contribution >= 0.6 is 0 Å². The van der Waals surface area contributed by atoms with E-state index in [9.17, 15) is 4.39 Å². The molecule has 6 heteroatoms. The van der Waals surface area contributed by atoms with E-state index in [0.717, 1.165) is 11.8 Å². The largest absolute Gasteiger partial charge is 0.399 e. The third kappa shape index (κ3) is 2.64. The number of rotatable bonds is 3. The van der Waals surface area contributed by atoms with Crippen molar-refractivity contribution < 1.29 is 8.91 Å². The molecule has 0 saturated heterocycles. The Morgan fingerprint density at radius 2 is 2.10 bits per heavy atom. The Morgan fingerprint density at radius 1 is 1.20 bits per heavy atom. The van der Waals surface area contributed by atoms with Crippen LogP contribution in [0, 0.1) is 5.82 Å². The molecule has 3 aromatic rings. The zero-order chi connectivity index (χ0) is 13.9. The Labute approximate surface area is 114 Å². The van der Waals surface area contributed by atoms with Crippen LogP contribution in [0.1, 0.15) is 11.5 Å². The summed E-state index contributed by atoms with van der Waals surface area (Å²) in [6.45, 7) is 0. The number of anilines is 1. The number of nitrogens with two attached hydrogens (primary N) is 1. The number of pyridine rings is 1. The summed E-state index contributed by atoms with van der Waals surface area (Å²) in [5.74, 6) is 0.387. The minimum atomic E-state index is -0.405. The first-order valence-electron chi connectivity index (χ1n) is 5.99. The molecule has 2 N–H and O–H groups in total. The summed E-state index contributed by atoms with van der Waals surface area (Å²) in [6, 6.07) is 10.3. The molecule has 0 spiro atoms. The molecular weight excluding hydrogens is 259 g/mol. The fourth-order valence-corrected chi connectivity index (χ4v) is 1.82. The molecule has 0 radical (unpaired) electrons. The van der Waals surface area contributed by atoms with Gasteiger partial charge >= 0.3 is 0 Å². The van der Waals surface area contributed by atoms with Gasteiger partial charge in [0, 0.05) is 5.69 Å². The van der Waals surface area contributed by atoms with Crippen molar-refractivity contribution in [2.75, 3.05) is 5.73 Å². The van der Waals surface area contributed by atoms with Gasteiger partial charge in [0.25, 0.3) is 0 Å². The maximum absolute atomic E-state index is 12.8. The fraction of sp³-hybridized carbons (Fsp3) is 0.0714. The van der Waals surface area contributed by atoms with Crippen molar-refractivity contribution in [1.82, 2.24) is 15.1 Å². The lowest BCUT2D eigenvalue weighted by atomic mass is 10.1. The molecule has 0 amide bonds. The van der Waals surface area contributed by atoms with Gasteiger partial charge in [-0.2, -0.15) is 4.98 Å². The lowest BCUT2D eigenvalue weighted by Gasteiger charge is -1.97. The number of nitrogens with zero attached hydrogens (tertiary/aromatic N) is 3. The molecule has 20 heavy (non-hydrogen) atoms. The molecule has 0 saturated carbocycles. The van der Waals surface area contributed by atoms with Crippen LogP contribution in [0.5, 0.6) is 0 Å². The Bertz CT molecular complexity index is 724. The van der Waals surface area contributed by atoms with Crippen molar-refractivity contribution in [2.45, 2.75) is 6.42 Å². The number of benzene rings is 1. The predicted molar refractivity (Wildman–Crippen MR) is 71.1 cm³/mol. The van der Waals surface area contributed by atoms with E-state index in [-0.39, 0.29) is 0 Å². The van der Waals surface area contributed by atoms with Crippen LogP contribution in [0.15, 0.2) is 47.1 Å². The van der Waals surface area contributed by atoms with Crippen LogP contribution in [0.4, 0.5) is 10.1 Å². The lowest BCUT2D eigenvalue weighted by Crippen LogP contribution is -1.91. The summed E-state index contributed by atoms with van der Waals surface area (Å²) in [4.78, 5) is 8.13. The van der Waals surface area contributed by atoms with Crippen molar-refractivity contribution in [3.05, 3.63) is 59.9 Å². The summed E-state index contributed by atoms with van der Waals surface area (Å²) in [7, 11) is 0. The van der Waals surface area contributed by atoms with Gasteiger partial charge in [0.2, 0.25) is 11.7 Å². The highest BCUT2D eigenvalue weighted by atomic mass is 19.1. The molecule has 0 fully saturated rings. The van der Waals surface area contributed by atoms with Crippen LogP contribution in [-0.4, -0.2) is 15.1 Å². The Morgan fingerprint density at radius 3 is 2.85 bits per heavy atom. The second-order valence-corrected chi connectivity index (χ2v) is 4.30. The molecule has 2 aromatic heterocycles. The molecular formula is C14H11FN4O. The molecule has 1 aromatic carbocycles. The number of hydrogen-bond donors (Lipinski definition) is 1. The van der Waals surface area contributed by atoms with Gasteiger partial charge in [-0.1, -0.05) is 17.3 Å². The number of hydrogen-bond acceptors (Lipinski definition) is 5. The second kappa shape index (κ2) is 5.08. The quantitative estimate of drug-likeness (QED) is 0.739. The molecule has 2 heterocycles. The van der Waals surface area contributed by atoms with Crippen LogP contribution in [-0.2, 0) is 6.42 Å². The van der Waals surface area contributed by atoms with E-state index in [1.54, 1.807) is 0 Å². The van der Waals surface area contributed by atoms with Crippen molar-refractivity contribution in [3.63, 3.8) is 0 Å². The van der Waals surface area contributed by atoms with E-state index < -0.39 is 5.82 Å². The highest BCUT2D eigenvalue weighted by molar-refractivity contribution is 5.47. The molecule has 3 rings (SSSR count). The number of halogens is 1. The maximum atomic E-state index is 12.8. The first-order valence-corrected chi connectivity index (χ1v) is 5.99. The third-order valence-corrected chi connectivity index (χ3v) is 2.73. The normalized spacial score (nSPS) is 10.7. The van der Waals surface area contributed by atoms with Crippen molar-refractivity contribution in [3.8, 4) is 11.5 Å². The molecule has 0 unspecified atom stereocenters. The molecule has 0 aliphatic carbocycles. The SMILES string of the molecule is Nc1cccc(Cc2nc(-c3ccc(F)cn3)no2)c1. The van der Waals surface area contributed by atoms with Crippen LogP contribution in [0.3, 0.4) is 0 Å². The third-order valence-electron chi connectivity index (χ3n) is 2.73. The molecule has 0 atom stereocenters. The Balaban J connectivity index is 1.82. The van der Waals surface area contributed by atoms with E-state index in [2.05, 4.69) is 15.1 Å². The maximum Gasteiger partial charge on any atom is 0.231 e. The Hall–Kier alpha value is -2.76. The fourth-order valence-electron chi connectivity index (χ4n) is 1.82. The van der Waals surface area contributed by atoms with Crippen molar-refractivity contribution in [2.24, 2.45) is 0 Å². The summed E-state index contributed by atoms with van der Waals surface area (Å²) in [5.41, 5.74) is 7.84. The van der Waals surface area contributed by atoms with Gasteiger partial charge in [-0.3, -0.25) is 0 Å². The van der Waals surface area contributed by atoms with E-state index in [0.29, 0.717) is 29.5 Å². The van der Waals surface area contributed by atoms with E-state index >= 15 is 0 Å². The summed E-state index contributed by atoms with van der Waals surface area (Å²) in [6.07, 6.45) is 1.60. The minimum absolute atomic E-state index is 0.337. The lowest BCUT2D eigenvalue weighted by molar-refractivity contribution is 0.385. The molecule has 0 aliphatic heterocycles. The van der Waals surface area contributed by atoms with E-state index in [1.807, 2.05) is 24.3 Å². The van der Waals surface area contributed by atoms with Crippen LogP contribution in [0.2, 0.25) is 0 Å². The van der Waals surface area contributed by atoms with E-state index in [1.165, 1.54) is 12.1 Å². The average molecular weight is 270 g/mol. The number of nitrogen functional groups attached to an aromatic ring is 1. The second-order valence-electron chi connectivity index (χ2n) is 4.30. The van der Waals surface area contributed by atoms with Crippen LogP contribution < -0.4 is 5.73 Å². The van der Waals surface area contributed by atoms with Gasteiger partial charge in [-0.15, -0.1) is 0 Å². The first-order chi connectivity index (χ1) is 9.70. The predicted octanol–water partition coefficient (Wildman–Crippen LogP) is 2.44. The van der Waals surface area contributed by atoms with Crippen LogP contribution in [0.25, 0.3) is 11.5 Å². The van der Waals surface area contributed by atoms with Gasteiger partial charge in [-0.25, -0.2) is 9.37 Å². The zero-order valence-corrected chi connectivity index (χ0v) is 10.5.